The summed E-state index contributed by atoms with van der Waals surface area (Å²) in [6, 6.07) is 6.93. The zero-order chi connectivity index (χ0) is 14.3. The Labute approximate surface area is 115 Å². The summed E-state index contributed by atoms with van der Waals surface area (Å²) < 4.78 is 24.2. The molecule has 0 aromatic heterocycles. The minimum absolute atomic E-state index is 0.156. The van der Waals surface area contributed by atoms with Gasteiger partial charge in [-0.25, -0.2) is 8.42 Å². The van der Waals surface area contributed by atoms with Crippen molar-refractivity contribution in [2.24, 2.45) is 0 Å². The Morgan fingerprint density at radius 2 is 1.95 bits per heavy atom. The first-order valence-corrected chi connectivity index (χ1v) is 8.40. The summed E-state index contributed by atoms with van der Waals surface area (Å²) in [4.78, 5) is 0.350. The molecule has 0 radical (unpaired) electrons. The van der Waals surface area contributed by atoms with E-state index in [2.05, 4.69) is 5.32 Å². The molecule has 1 aromatic carbocycles. The smallest absolute Gasteiger partial charge is 0.180 e. The van der Waals surface area contributed by atoms with E-state index in [0.29, 0.717) is 36.4 Å². The summed E-state index contributed by atoms with van der Waals surface area (Å²) in [6.07, 6.45) is 1.58. The van der Waals surface area contributed by atoms with E-state index in [0.717, 1.165) is 0 Å². The standard InChI is InChI=1S/C14H23NO3S/c1-3-11-19(17,18)14-8-6-5-7-13(14)15-10-9-12(16)4-2/h5-8,12,15-16H,3-4,9-11H2,1-2H3. The Morgan fingerprint density at radius 3 is 2.58 bits per heavy atom. The number of aliphatic hydroxyl groups is 1. The molecule has 1 unspecified atom stereocenters. The molecule has 0 aliphatic heterocycles. The fourth-order valence-electron chi connectivity index (χ4n) is 1.84. The molecule has 0 saturated heterocycles. The van der Waals surface area contributed by atoms with Gasteiger partial charge in [0.15, 0.2) is 9.84 Å². The summed E-state index contributed by atoms with van der Waals surface area (Å²) in [5.74, 6) is 0.156. The monoisotopic (exact) mass is 285 g/mol. The third-order valence-corrected chi connectivity index (χ3v) is 4.93. The lowest BCUT2D eigenvalue weighted by Crippen LogP contribution is -2.15. The van der Waals surface area contributed by atoms with E-state index in [1.54, 1.807) is 18.2 Å². The summed E-state index contributed by atoms with van der Waals surface area (Å²) >= 11 is 0. The minimum atomic E-state index is -3.22. The number of rotatable bonds is 8. The van der Waals surface area contributed by atoms with Crippen LogP contribution in [0.4, 0.5) is 5.69 Å². The molecule has 0 aliphatic carbocycles. The number of aliphatic hydroxyl groups excluding tert-OH is 1. The van der Waals surface area contributed by atoms with Gasteiger partial charge in [-0.15, -0.1) is 0 Å². The second-order valence-corrected chi connectivity index (χ2v) is 6.67. The summed E-state index contributed by atoms with van der Waals surface area (Å²) in [5, 5.41) is 12.6. The Morgan fingerprint density at radius 1 is 1.26 bits per heavy atom. The highest BCUT2D eigenvalue weighted by molar-refractivity contribution is 7.91. The molecule has 0 fully saturated rings. The first-order chi connectivity index (χ1) is 9.01. The van der Waals surface area contributed by atoms with Crippen LogP contribution < -0.4 is 5.32 Å². The SMILES string of the molecule is CCCS(=O)(=O)c1ccccc1NCCC(O)CC. The molecule has 4 nitrogen and oxygen atoms in total. The van der Waals surface area contributed by atoms with Crippen LogP contribution in [0.2, 0.25) is 0 Å². The van der Waals surface area contributed by atoms with Crippen LogP contribution in [-0.2, 0) is 9.84 Å². The second-order valence-electron chi connectivity index (χ2n) is 4.59. The van der Waals surface area contributed by atoms with Crippen molar-refractivity contribution in [1.29, 1.82) is 0 Å². The van der Waals surface area contributed by atoms with Gasteiger partial charge in [0.1, 0.15) is 0 Å². The van der Waals surface area contributed by atoms with Crippen LogP contribution in [0.5, 0.6) is 0 Å². The molecule has 0 spiro atoms. The topological polar surface area (TPSA) is 66.4 Å². The predicted octanol–water partition coefficient (Wildman–Crippen LogP) is 2.44. The van der Waals surface area contributed by atoms with Gasteiger partial charge in [-0.3, -0.25) is 0 Å². The molecule has 2 N–H and O–H groups in total. The molecule has 19 heavy (non-hydrogen) atoms. The molecule has 0 heterocycles. The van der Waals surface area contributed by atoms with Gasteiger partial charge >= 0.3 is 0 Å². The van der Waals surface area contributed by atoms with Crippen molar-refractivity contribution in [1.82, 2.24) is 0 Å². The molecular weight excluding hydrogens is 262 g/mol. The van der Waals surface area contributed by atoms with Gasteiger partial charge in [-0.2, -0.15) is 0 Å². The van der Waals surface area contributed by atoms with E-state index in [1.165, 1.54) is 0 Å². The molecule has 0 bridgehead atoms. The fourth-order valence-corrected chi connectivity index (χ4v) is 3.36. The van der Waals surface area contributed by atoms with Gasteiger partial charge in [-0.1, -0.05) is 26.0 Å². The third kappa shape index (κ3) is 4.84. The van der Waals surface area contributed by atoms with Crippen molar-refractivity contribution in [3.05, 3.63) is 24.3 Å². The number of para-hydroxylation sites is 1. The van der Waals surface area contributed by atoms with Gasteiger partial charge < -0.3 is 10.4 Å². The molecule has 5 heteroatoms. The normalized spacial score (nSPS) is 13.2. The van der Waals surface area contributed by atoms with E-state index < -0.39 is 9.84 Å². The number of anilines is 1. The fraction of sp³-hybridized carbons (Fsp3) is 0.571. The van der Waals surface area contributed by atoms with Gasteiger partial charge in [0, 0.05) is 6.54 Å². The highest BCUT2D eigenvalue weighted by atomic mass is 32.2. The average molecular weight is 285 g/mol. The molecule has 0 aliphatic rings. The van der Waals surface area contributed by atoms with Crippen molar-refractivity contribution in [2.45, 2.75) is 44.1 Å². The van der Waals surface area contributed by atoms with Crippen molar-refractivity contribution in [3.8, 4) is 0 Å². The van der Waals surface area contributed by atoms with Crippen LogP contribution >= 0.6 is 0 Å². The lowest BCUT2D eigenvalue weighted by atomic mass is 10.2. The maximum absolute atomic E-state index is 12.1. The maximum Gasteiger partial charge on any atom is 0.180 e. The van der Waals surface area contributed by atoms with E-state index in [4.69, 9.17) is 0 Å². The number of hydrogen-bond acceptors (Lipinski definition) is 4. The average Bonchev–Trinajstić information content (AvgIpc) is 2.39. The Bertz CT molecular complexity index is 485. The zero-order valence-electron chi connectivity index (χ0n) is 11.6. The molecule has 1 aromatic rings. The summed E-state index contributed by atoms with van der Waals surface area (Å²) in [6.45, 7) is 4.34. The van der Waals surface area contributed by atoms with Gasteiger partial charge in [0.25, 0.3) is 0 Å². The van der Waals surface area contributed by atoms with Crippen LogP contribution in [-0.4, -0.2) is 31.9 Å². The third-order valence-electron chi connectivity index (χ3n) is 2.96. The summed E-state index contributed by atoms with van der Waals surface area (Å²) in [5.41, 5.74) is 0.624. The number of hydrogen-bond donors (Lipinski definition) is 2. The Hall–Kier alpha value is -1.07. The quantitative estimate of drug-likeness (QED) is 0.770. The van der Waals surface area contributed by atoms with E-state index in [9.17, 15) is 13.5 Å². The van der Waals surface area contributed by atoms with Crippen molar-refractivity contribution in [2.75, 3.05) is 17.6 Å². The number of sulfone groups is 1. The van der Waals surface area contributed by atoms with Crippen molar-refractivity contribution in [3.63, 3.8) is 0 Å². The van der Waals surface area contributed by atoms with E-state index >= 15 is 0 Å². The molecule has 108 valence electrons. The van der Waals surface area contributed by atoms with Gasteiger partial charge in [-0.05, 0) is 31.4 Å². The first-order valence-electron chi connectivity index (χ1n) is 6.75. The van der Waals surface area contributed by atoms with Crippen LogP contribution in [0.25, 0.3) is 0 Å². The van der Waals surface area contributed by atoms with Gasteiger partial charge in [0.2, 0.25) is 0 Å². The van der Waals surface area contributed by atoms with E-state index in [1.807, 2.05) is 19.9 Å². The molecule has 0 saturated carbocycles. The highest BCUT2D eigenvalue weighted by Crippen LogP contribution is 2.22. The zero-order valence-corrected chi connectivity index (χ0v) is 12.4. The Balaban J connectivity index is 2.79. The largest absolute Gasteiger partial charge is 0.393 e. The Kier molecular flexibility index (Phi) is 6.31. The lowest BCUT2D eigenvalue weighted by Gasteiger charge is -2.13. The minimum Gasteiger partial charge on any atom is -0.393 e. The van der Waals surface area contributed by atoms with Crippen LogP contribution in [0.15, 0.2) is 29.2 Å². The second kappa shape index (κ2) is 7.50. The molecule has 1 atom stereocenters. The highest BCUT2D eigenvalue weighted by Gasteiger charge is 2.17. The molecule has 1 rings (SSSR count). The molecular formula is C14H23NO3S. The van der Waals surface area contributed by atoms with Crippen LogP contribution in [0.1, 0.15) is 33.1 Å². The predicted molar refractivity (Wildman–Crippen MR) is 78.2 cm³/mol. The van der Waals surface area contributed by atoms with Crippen molar-refractivity contribution < 1.29 is 13.5 Å². The maximum atomic E-state index is 12.1. The van der Waals surface area contributed by atoms with E-state index in [-0.39, 0.29) is 11.9 Å². The number of benzene rings is 1. The van der Waals surface area contributed by atoms with Crippen molar-refractivity contribution >= 4 is 15.5 Å². The van der Waals surface area contributed by atoms with Gasteiger partial charge in [0.05, 0.1) is 22.4 Å². The summed E-state index contributed by atoms with van der Waals surface area (Å²) in [7, 11) is -3.22. The van der Waals surface area contributed by atoms with Crippen LogP contribution in [0.3, 0.4) is 0 Å². The lowest BCUT2D eigenvalue weighted by molar-refractivity contribution is 0.164. The first kappa shape index (κ1) is 16.0. The van der Waals surface area contributed by atoms with Crippen LogP contribution in [0, 0.1) is 0 Å². The number of nitrogens with one attached hydrogen (secondary N) is 1. The molecule has 0 amide bonds.